The summed E-state index contributed by atoms with van der Waals surface area (Å²) >= 11 is 0. The first-order valence-corrected chi connectivity index (χ1v) is 26.9. The molecule has 6 atom stereocenters. The van der Waals surface area contributed by atoms with Gasteiger partial charge in [0, 0.05) is 12.8 Å². The van der Waals surface area contributed by atoms with Crippen molar-refractivity contribution in [3.63, 3.8) is 0 Å². The molecule has 0 spiro atoms. The molecule has 3 N–H and O–H groups in total. The van der Waals surface area contributed by atoms with Gasteiger partial charge in [-0.2, -0.15) is 0 Å². The molecular formula is C57H94O12. The summed E-state index contributed by atoms with van der Waals surface area (Å²) in [7, 11) is 0. The number of carbonyl (C=O) groups is 4. The minimum atomic E-state index is -1.91. The van der Waals surface area contributed by atoms with E-state index in [4.69, 9.17) is 23.7 Å². The minimum absolute atomic E-state index is 0.0156. The van der Waals surface area contributed by atoms with Gasteiger partial charge in [-0.3, -0.25) is 14.4 Å². The fourth-order valence-electron chi connectivity index (χ4n) is 7.67. The molecule has 0 bridgehead atoms. The number of unbranched alkanes of at least 4 members (excludes halogenated alkanes) is 19. The Hall–Kier alpha value is -3.84. The smallest absolute Gasteiger partial charge is 0.335 e. The highest BCUT2D eigenvalue weighted by Crippen LogP contribution is 2.26. The van der Waals surface area contributed by atoms with E-state index >= 15 is 0 Å². The quantitative estimate of drug-likeness (QED) is 0.0228. The number of carbonyl (C=O) groups excluding carboxylic acids is 3. The SMILES string of the molecule is CC/C=C\C/C=C\C/C=C\C/C=C\C/C=C\CC(=O)OCC(COC1OC(C(=O)O)C(O)C(O)C1OC(=O)CCCCCCC/C=C\CCCCCCCC)OC(=O)CCCCCCCCCCC. The molecule has 1 heterocycles. The van der Waals surface area contributed by atoms with Crippen LogP contribution in [0.3, 0.4) is 0 Å². The van der Waals surface area contributed by atoms with Crippen molar-refractivity contribution in [1.82, 2.24) is 0 Å². The van der Waals surface area contributed by atoms with Gasteiger partial charge in [0.25, 0.3) is 0 Å². The second kappa shape index (κ2) is 45.3. The van der Waals surface area contributed by atoms with Crippen molar-refractivity contribution >= 4 is 23.9 Å². The van der Waals surface area contributed by atoms with E-state index in [1.54, 1.807) is 6.08 Å². The molecule has 0 aliphatic carbocycles. The second-order valence-electron chi connectivity index (χ2n) is 18.2. The normalized spacial score (nSPS) is 19.2. The zero-order chi connectivity index (χ0) is 50.4. The molecule has 1 aliphatic heterocycles. The molecule has 0 aromatic heterocycles. The van der Waals surface area contributed by atoms with Crippen LogP contribution in [0.4, 0.5) is 0 Å². The largest absolute Gasteiger partial charge is 0.479 e. The fraction of sp³-hybridized carbons (Fsp3) is 0.719. The third-order valence-corrected chi connectivity index (χ3v) is 11.8. The Bertz CT molecular complexity index is 1480. The Balaban J connectivity index is 2.75. The molecule has 1 saturated heterocycles. The van der Waals surface area contributed by atoms with Crippen LogP contribution in [0.1, 0.15) is 213 Å². The Labute approximate surface area is 417 Å². The van der Waals surface area contributed by atoms with Gasteiger partial charge in [-0.05, 0) is 70.6 Å². The lowest BCUT2D eigenvalue weighted by Gasteiger charge is -2.40. The number of hydrogen-bond donors (Lipinski definition) is 3. The number of ether oxygens (including phenoxy) is 5. The first-order valence-electron chi connectivity index (χ1n) is 26.9. The topological polar surface area (TPSA) is 175 Å². The number of allylic oxidation sites excluding steroid dienone is 11. The number of aliphatic carboxylic acids is 1. The van der Waals surface area contributed by atoms with Crippen LogP contribution in [0, 0.1) is 0 Å². The average Bonchev–Trinajstić information content (AvgIpc) is 3.33. The third-order valence-electron chi connectivity index (χ3n) is 11.8. The van der Waals surface area contributed by atoms with Gasteiger partial charge in [0.1, 0.15) is 18.8 Å². The van der Waals surface area contributed by atoms with Crippen molar-refractivity contribution in [1.29, 1.82) is 0 Å². The number of esters is 3. The van der Waals surface area contributed by atoms with Gasteiger partial charge in [0.2, 0.25) is 0 Å². The van der Waals surface area contributed by atoms with Gasteiger partial charge >= 0.3 is 23.9 Å². The Morgan fingerprint density at radius 3 is 1.45 bits per heavy atom. The van der Waals surface area contributed by atoms with Gasteiger partial charge < -0.3 is 39.0 Å². The summed E-state index contributed by atoms with van der Waals surface area (Å²) in [5.74, 6) is -3.30. The number of carboxylic acid groups (broad SMARTS) is 1. The van der Waals surface area contributed by atoms with Gasteiger partial charge in [0.05, 0.1) is 13.0 Å². The van der Waals surface area contributed by atoms with Crippen molar-refractivity contribution in [3.8, 4) is 0 Å². The maximum absolute atomic E-state index is 13.0. The van der Waals surface area contributed by atoms with Gasteiger partial charge in [-0.25, -0.2) is 4.79 Å². The van der Waals surface area contributed by atoms with Crippen molar-refractivity contribution in [2.24, 2.45) is 0 Å². The first-order chi connectivity index (χ1) is 33.6. The molecule has 0 aromatic carbocycles. The molecule has 394 valence electrons. The summed E-state index contributed by atoms with van der Waals surface area (Å²) in [6, 6.07) is 0. The van der Waals surface area contributed by atoms with Crippen molar-refractivity contribution in [3.05, 3.63) is 72.9 Å². The molecule has 1 rings (SSSR count). The molecule has 0 saturated carbocycles. The summed E-state index contributed by atoms with van der Waals surface area (Å²) in [6.07, 6.45) is 43.5. The Morgan fingerprint density at radius 2 is 0.957 bits per heavy atom. The summed E-state index contributed by atoms with van der Waals surface area (Å²) in [5.41, 5.74) is 0. The fourth-order valence-corrected chi connectivity index (χ4v) is 7.67. The lowest BCUT2D eigenvalue weighted by molar-refractivity contribution is -0.301. The molecule has 1 fully saturated rings. The number of aliphatic hydroxyl groups is 2. The number of carboxylic acids is 1. The van der Waals surface area contributed by atoms with Crippen LogP contribution in [0.5, 0.6) is 0 Å². The lowest BCUT2D eigenvalue weighted by atomic mass is 9.98. The van der Waals surface area contributed by atoms with E-state index in [2.05, 4.69) is 75.5 Å². The first kappa shape index (κ1) is 63.2. The zero-order valence-corrected chi connectivity index (χ0v) is 43.0. The van der Waals surface area contributed by atoms with E-state index in [0.717, 1.165) is 83.5 Å². The van der Waals surface area contributed by atoms with Crippen LogP contribution in [-0.2, 0) is 42.9 Å². The minimum Gasteiger partial charge on any atom is -0.479 e. The molecule has 69 heavy (non-hydrogen) atoms. The maximum Gasteiger partial charge on any atom is 0.335 e. The van der Waals surface area contributed by atoms with Crippen molar-refractivity contribution in [2.75, 3.05) is 13.2 Å². The van der Waals surface area contributed by atoms with Gasteiger partial charge in [-0.15, -0.1) is 0 Å². The monoisotopic (exact) mass is 971 g/mol. The van der Waals surface area contributed by atoms with Crippen LogP contribution in [-0.4, -0.2) is 89.2 Å². The van der Waals surface area contributed by atoms with E-state index in [1.165, 1.54) is 70.6 Å². The summed E-state index contributed by atoms with van der Waals surface area (Å²) in [4.78, 5) is 50.7. The molecular weight excluding hydrogens is 877 g/mol. The Kier molecular flexibility index (Phi) is 41.5. The van der Waals surface area contributed by atoms with E-state index in [0.29, 0.717) is 19.3 Å². The van der Waals surface area contributed by atoms with Crippen LogP contribution in [0.2, 0.25) is 0 Å². The molecule has 12 nitrogen and oxygen atoms in total. The number of rotatable bonds is 44. The third kappa shape index (κ3) is 35.8. The summed E-state index contributed by atoms with van der Waals surface area (Å²) < 4.78 is 28.1. The van der Waals surface area contributed by atoms with Crippen LogP contribution >= 0.6 is 0 Å². The average molecular weight is 971 g/mol. The number of aliphatic hydroxyl groups excluding tert-OH is 2. The van der Waals surface area contributed by atoms with Crippen LogP contribution in [0.25, 0.3) is 0 Å². The molecule has 0 amide bonds. The second-order valence-corrected chi connectivity index (χ2v) is 18.2. The van der Waals surface area contributed by atoms with E-state index < -0.39 is 67.3 Å². The van der Waals surface area contributed by atoms with E-state index in [1.807, 2.05) is 12.2 Å². The highest BCUT2D eigenvalue weighted by atomic mass is 16.7. The standard InChI is InChI=1S/C57H94O12/c1-4-7-10-13-16-19-21-23-25-27-29-32-34-37-40-43-49(58)65-46-48(67-50(59)44-41-38-35-31-18-15-12-9-6-3)47-66-57-55(53(62)52(61)54(69-57)56(63)64)68-51(60)45-42-39-36-33-30-28-26-24-22-20-17-14-11-8-5-2/h7,10,16,19,23-26,29,32,37,40,48,52-55,57,61-62H,4-6,8-9,11-15,17-18,20-22,27-28,30-31,33-36,38-39,41-47H2,1-3H3,(H,63,64)/b10-7-,19-16-,25-23-,26-24-,32-29-,40-37-. The highest BCUT2D eigenvalue weighted by molar-refractivity contribution is 5.74. The molecule has 1 aliphatic rings. The number of hydrogen-bond acceptors (Lipinski definition) is 11. The van der Waals surface area contributed by atoms with Crippen LogP contribution < -0.4 is 0 Å². The maximum atomic E-state index is 13.0. The van der Waals surface area contributed by atoms with Crippen LogP contribution in [0.15, 0.2) is 72.9 Å². The summed E-state index contributed by atoms with van der Waals surface area (Å²) in [5, 5.41) is 31.3. The van der Waals surface area contributed by atoms with Crippen molar-refractivity contribution in [2.45, 2.75) is 250 Å². The highest BCUT2D eigenvalue weighted by Gasteiger charge is 2.50. The lowest BCUT2D eigenvalue weighted by Crippen LogP contribution is -2.61. The van der Waals surface area contributed by atoms with E-state index in [9.17, 15) is 34.5 Å². The molecule has 0 radical (unpaired) electrons. The molecule has 0 aromatic rings. The zero-order valence-electron chi connectivity index (χ0n) is 43.0. The van der Waals surface area contributed by atoms with Gasteiger partial charge in [-0.1, -0.05) is 196 Å². The van der Waals surface area contributed by atoms with Gasteiger partial charge in [0.15, 0.2) is 24.6 Å². The predicted octanol–water partition coefficient (Wildman–Crippen LogP) is 13.0. The Morgan fingerprint density at radius 1 is 0.507 bits per heavy atom. The molecule has 12 heteroatoms. The summed E-state index contributed by atoms with van der Waals surface area (Å²) in [6.45, 7) is 5.73. The predicted molar refractivity (Wildman–Crippen MR) is 275 cm³/mol. The van der Waals surface area contributed by atoms with E-state index in [-0.39, 0.29) is 25.9 Å². The molecule has 6 unspecified atom stereocenters. The van der Waals surface area contributed by atoms with Crippen molar-refractivity contribution < 1.29 is 58.2 Å².